The number of anilines is 1. The minimum atomic E-state index is -0.371. The fraction of sp³-hybridized carbons (Fsp3) is 0.0588. The number of amides is 1. The zero-order valence-electron chi connectivity index (χ0n) is 13.0. The number of carbonyl (C=O) groups excluding carboxylic acids is 1. The molecule has 0 saturated heterocycles. The molecule has 0 aliphatic heterocycles. The first-order chi connectivity index (χ1) is 12.1. The molecule has 7 nitrogen and oxygen atoms in total. The third-order valence-electron chi connectivity index (χ3n) is 3.24. The second-order valence-electron chi connectivity index (χ2n) is 5.03. The number of nitrogens with zero attached hydrogens (tertiary/aromatic N) is 2. The van der Waals surface area contributed by atoms with E-state index in [9.17, 15) is 14.7 Å². The summed E-state index contributed by atoms with van der Waals surface area (Å²) < 4.78 is 0. The standard InChI is InChI=1S/C17H14N4O3S/c22-13-9-5-4-8-12(13)18-14(23)10-25-17-19-16(24)15(20-21-17)11-6-2-1-3-7-11/h1-9,22H,10H2,(H,18,23)(H,19,21,24). The van der Waals surface area contributed by atoms with Crippen molar-refractivity contribution in [2.24, 2.45) is 0 Å². The van der Waals surface area contributed by atoms with E-state index in [1.165, 1.54) is 6.07 Å². The highest BCUT2D eigenvalue weighted by Gasteiger charge is 2.10. The van der Waals surface area contributed by atoms with E-state index in [2.05, 4.69) is 20.5 Å². The van der Waals surface area contributed by atoms with Gasteiger partial charge >= 0.3 is 0 Å². The number of benzene rings is 2. The number of H-pyrrole nitrogens is 1. The molecule has 0 atom stereocenters. The van der Waals surface area contributed by atoms with E-state index in [0.717, 1.165) is 11.8 Å². The molecule has 3 rings (SSSR count). The molecule has 2 aromatic carbocycles. The van der Waals surface area contributed by atoms with Crippen LogP contribution >= 0.6 is 11.8 Å². The summed E-state index contributed by atoms with van der Waals surface area (Å²) in [5.74, 6) is -0.327. The molecule has 1 amide bonds. The monoisotopic (exact) mass is 354 g/mol. The molecule has 3 N–H and O–H groups in total. The van der Waals surface area contributed by atoms with Crippen LogP contribution in [-0.2, 0) is 4.79 Å². The van der Waals surface area contributed by atoms with Gasteiger partial charge in [-0.25, -0.2) is 0 Å². The normalized spacial score (nSPS) is 10.4. The lowest BCUT2D eigenvalue weighted by molar-refractivity contribution is -0.113. The second kappa shape index (κ2) is 7.63. The van der Waals surface area contributed by atoms with Crippen LogP contribution in [0.4, 0.5) is 5.69 Å². The van der Waals surface area contributed by atoms with Gasteiger partial charge in [0.25, 0.3) is 5.56 Å². The van der Waals surface area contributed by atoms with Crippen molar-refractivity contribution in [1.82, 2.24) is 15.2 Å². The summed E-state index contributed by atoms with van der Waals surface area (Å²) in [5.41, 5.74) is 0.852. The minimum Gasteiger partial charge on any atom is -0.506 e. The van der Waals surface area contributed by atoms with Gasteiger partial charge in [-0.2, -0.15) is 0 Å². The molecule has 0 aliphatic rings. The first kappa shape index (κ1) is 16.7. The van der Waals surface area contributed by atoms with Crippen LogP contribution in [0.3, 0.4) is 0 Å². The van der Waals surface area contributed by atoms with Gasteiger partial charge in [-0.05, 0) is 12.1 Å². The summed E-state index contributed by atoms with van der Waals surface area (Å²) in [6, 6.07) is 15.4. The lowest BCUT2D eigenvalue weighted by atomic mass is 10.2. The van der Waals surface area contributed by atoms with E-state index >= 15 is 0 Å². The van der Waals surface area contributed by atoms with E-state index in [1.54, 1.807) is 30.3 Å². The van der Waals surface area contributed by atoms with Crippen molar-refractivity contribution in [2.75, 3.05) is 11.1 Å². The van der Waals surface area contributed by atoms with Crippen LogP contribution < -0.4 is 10.9 Å². The Hall–Kier alpha value is -3.13. The fourth-order valence-corrected chi connectivity index (χ4v) is 2.67. The summed E-state index contributed by atoms with van der Waals surface area (Å²) in [7, 11) is 0. The number of carbonyl (C=O) groups is 1. The van der Waals surface area contributed by atoms with Crippen molar-refractivity contribution in [2.45, 2.75) is 5.16 Å². The smallest absolute Gasteiger partial charge is 0.278 e. The number of thioether (sulfide) groups is 1. The molecule has 1 aromatic heterocycles. The van der Waals surface area contributed by atoms with E-state index in [0.29, 0.717) is 11.3 Å². The number of aromatic hydroxyl groups is 1. The summed E-state index contributed by atoms with van der Waals surface area (Å²) in [6.07, 6.45) is 0. The first-order valence-corrected chi connectivity index (χ1v) is 8.35. The van der Waals surface area contributed by atoms with Crippen LogP contribution in [0.1, 0.15) is 0 Å². The molecule has 3 aromatic rings. The average Bonchev–Trinajstić information content (AvgIpc) is 2.63. The molecule has 8 heteroatoms. The number of phenolic OH excluding ortho intramolecular Hbond substituents is 1. The van der Waals surface area contributed by atoms with Crippen molar-refractivity contribution in [3.8, 4) is 17.0 Å². The van der Waals surface area contributed by atoms with Crippen LogP contribution in [0, 0.1) is 0 Å². The van der Waals surface area contributed by atoms with Crippen LogP contribution in [0.2, 0.25) is 0 Å². The number of nitrogens with one attached hydrogen (secondary N) is 2. The molecule has 0 unspecified atom stereocenters. The zero-order valence-corrected chi connectivity index (χ0v) is 13.8. The molecule has 0 bridgehead atoms. The maximum absolute atomic E-state index is 12.1. The van der Waals surface area contributed by atoms with E-state index in [4.69, 9.17) is 0 Å². The van der Waals surface area contributed by atoms with Gasteiger partial charge in [0.1, 0.15) is 5.75 Å². The lowest BCUT2D eigenvalue weighted by Gasteiger charge is -2.06. The van der Waals surface area contributed by atoms with Crippen LogP contribution in [0.15, 0.2) is 64.5 Å². The van der Waals surface area contributed by atoms with Gasteiger partial charge in [0.05, 0.1) is 11.4 Å². The van der Waals surface area contributed by atoms with Crippen molar-refractivity contribution < 1.29 is 9.90 Å². The quantitative estimate of drug-likeness (QED) is 0.479. The van der Waals surface area contributed by atoms with E-state index in [-0.39, 0.29) is 33.8 Å². The average molecular weight is 354 g/mol. The summed E-state index contributed by atoms with van der Waals surface area (Å²) >= 11 is 1.05. The Labute approximate surface area is 147 Å². The molecule has 0 saturated carbocycles. The SMILES string of the molecule is O=C(CSc1nnc(-c2ccccc2)c(=O)[nH]1)Nc1ccccc1O. The molecule has 1 heterocycles. The molecule has 126 valence electrons. The van der Waals surface area contributed by atoms with Crippen molar-refractivity contribution >= 4 is 23.4 Å². The highest BCUT2D eigenvalue weighted by molar-refractivity contribution is 7.99. The summed E-state index contributed by atoms with van der Waals surface area (Å²) in [6.45, 7) is 0. The number of phenols is 1. The Kier molecular flexibility index (Phi) is 5.10. The Morgan fingerprint density at radius 3 is 2.52 bits per heavy atom. The van der Waals surface area contributed by atoms with Crippen LogP contribution in [0.25, 0.3) is 11.3 Å². The highest BCUT2D eigenvalue weighted by atomic mass is 32.2. The Bertz CT molecular complexity index is 944. The van der Waals surface area contributed by atoms with E-state index < -0.39 is 0 Å². The molecular formula is C17H14N4O3S. The Balaban J connectivity index is 1.64. The van der Waals surface area contributed by atoms with E-state index in [1.807, 2.05) is 18.2 Å². The predicted molar refractivity (Wildman–Crippen MR) is 95.5 cm³/mol. The molecule has 25 heavy (non-hydrogen) atoms. The molecular weight excluding hydrogens is 340 g/mol. The number of aromatic nitrogens is 3. The largest absolute Gasteiger partial charge is 0.506 e. The van der Waals surface area contributed by atoms with Crippen molar-refractivity contribution in [3.05, 3.63) is 65.0 Å². The van der Waals surface area contributed by atoms with Crippen LogP contribution in [-0.4, -0.2) is 31.9 Å². The lowest BCUT2D eigenvalue weighted by Crippen LogP contribution is -2.17. The third-order valence-corrected chi connectivity index (χ3v) is 4.11. The molecule has 0 spiro atoms. The van der Waals surface area contributed by atoms with Gasteiger partial charge in [-0.3, -0.25) is 14.6 Å². The van der Waals surface area contributed by atoms with Crippen molar-refractivity contribution in [1.29, 1.82) is 0 Å². The minimum absolute atomic E-state index is 0.0127. The van der Waals surface area contributed by atoms with Gasteiger partial charge < -0.3 is 10.4 Å². The van der Waals surface area contributed by atoms with Crippen molar-refractivity contribution in [3.63, 3.8) is 0 Å². The van der Waals surface area contributed by atoms with Gasteiger partial charge in [0.2, 0.25) is 5.91 Å². The highest BCUT2D eigenvalue weighted by Crippen LogP contribution is 2.22. The summed E-state index contributed by atoms with van der Waals surface area (Å²) in [4.78, 5) is 26.7. The number of aromatic amines is 1. The van der Waals surface area contributed by atoms with Gasteiger partial charge in [-0.1, -0.05) is 54.2 Å². The summed E-state index contributed by atoms with van der Waals surface area (Å²) in [5, 5.41) is 20.3. The Morgan fingerprint density at radius 2 is 1.80 bits per heavy atom. The second-order valence-corrected chi connectivity index (χ2v) is 5.99. The number of hydrogen-bond donors (Lipinski definition) is 3. The third kappa shape index (κ3) is 4.24. The van der Waals surface area contributed by atoms with Gasteiger partial charge in [0.15, 0.2) is 10.9 Å². The maximum Gasteiger partial charge on any atom is 0.278 e. The molecule has 0 fully saturated rings. The topological polar surface area (TPSA) is 108 Å². The zero-order chi connectivity index (χ0) is 17.6. The van der Waals surface area contributed by atoms with Gasteiger partial charge in [-0.15, -0.1) is 10.2 Å². The molecule has 0 aliphatic carbocycles. The fourth-order valence-electron chi connectivity index (χ4n) is 2.07. The van der Waals surface area contributed by atoms with Gasteiger partial charge in [0, 0.05) is 5.56 Å². The maximum atomic E-state index is 12.1. The number of para-hydroxylation sites is 2. The predicted octanol–water partition coefficient (Wildman–Crippen LogP) is 2.27. The first-order valence-electron chi connectivity index (χ1n) is 7.36. The molecule has 0 radical (unpaired) electrons. The van der Waals surface area contributed by atoms with Crippen LogP contribution in [0.5, 0.6) is 5.75 Å². The Morgan fingerprint density at radius 1 is 1.08 bits per heavy atom. The number of hydrogen-bond acceptors (Lipinski definition) is 6. The number of rotatable bonds is 5.